The molecule has 0 aliphatic heterocycles. The third-order valence-corrected chi connectivity index (χ3v) is 2.67. The van der Waals surface area contributed by atoms with Gasteiger partial charge in [-0.15, -0.1) is 0 Å². The largest absolute Gasteiger partial charge is 0.368 e. The van der Waals surface area contributed by atoms with Gasteiger partial charge >= 0.3 is 0 Å². The molecule has 0 spiro atoms. The van der Waals surface area contributed by atoms with E-state index in [4.69, 9.17) is 0 Å². The zero-order valence-corrected chi connectivity index (χ0v) is 11.2. The van der Waals surface area contributed by atoms with Crippen molar-refractivity contribution in [3.63, 3.8) is 0 Å². The van der Waals surface area contributed by atoms with E-state index < -0.39 is 11.6 Å². The summed E-state index contributed by atoms with van der Waals surface area (Å²) in [5.74, 6) is -1.31. The van der Waals surface area contributed by atoms with E-state index in [1.807, 2.05) is 25.1 Å². The van der Waals surface area contributed by atoms with Gasteiger partial charge in [-0.05, 0) is 19.1 Å². The molecular weight excluding hydrogens is 262 g/mol. The van der Waals surface area contributed by atoms with E-state index in [1.165, 1.54) is 0 Å². The number of aromatic nitrogens is 2. The fourth-order valence-electron chi connectivity index (χ4n) is 1.74. The molecule has 2 rings (SSSR count). The molecule has 0 radical (unpaired) electrons. The molecule has 20 heavy (non-hydrogen) atoms. The first-order valence-corrected chi connectivity index (χ1v) is 6.44. The van der Waals surface area contributed by atoms with Crippen LogP contribution in [0.5, 0.6) is 0 Å². The highest BCUT2D eigenvalue weighted by atomic mass is 19.1. The van der Waals surface area contributed by atoms with Gasteiger partial charge in [0.05, 0.1) is 0 Å². The average Bonchev–Trinajstić information content (AvgIpc) is 2.45. The van der Waals surface area contributed by atoms with Gasteiger partial charge in [-0.3, -0.25) is 4.98 Å². The summed E-state index contributed by atoms with van der Waals surface area (Å²) in [6, 6.07) is 6.44. The van der Waals surface area contributed by atoms with Gasteiger partial charge in [0.1, 0.15) is 0 Å². The Kier molecular flexibility index (Phi) is 4.81. The minimum atomic E-state index is -0.704. The van der Waals surface area contributed by atoms with Crippen LogP contribution in [-0.2, 0) is 6.42 Å². The number of nitrogens with one attached hydrogen (secondary N) is 2. The molecule has 0 saturated heterocycles. The predicted octanol–water partition coefficient (Wildman–Crippen LogP) is 2.84. The molecule has 0 aliphatic carbocycles. The Labute approximate surface area is 116 Å². The summed E-state index contributed by atoms with van der Waals surface area (Å²) in [5.41, 5.74) is 0.898. The molecule has 0 atom stereocenters. The monoisotopic (exact) mass is 278 g/mol. The quantitative estimate of drug-likeness (QED) is 0.853. The number of halogens is 2. The van der Waals surface area contributed by atoms with Crippen molar-refractivity contribution < 1.29 is 8.78 Å². The molecule has 2 aromatic heterocycles. The molecule has 2 N–H and O–H groups in total. The van der Waals surface area contributed by atoms with Gasteiger partial charge in [0.15, 0.2) is 23.3 Å². The van der Waals surface area contributed by atoms with Crippen LogP contribution in [0.1, 0.15) is 12.6 Å². The molecule has 2 aromatic rings. The lowest BCUT2D eigenvalue weighted by molar-refractivity contribution is 0.578. The second-order valence-electron chi connectivity index (χ2n) is 4.18. The summed E-state index contributed by atoms with van der Waals surface area (Å²) in [6.45, 7) is 2.81. The number of pyridine rings is 2. The third-order valence-electron chi connectivity index (χ3n) is 2.67. The zero-order chi connectivity index (χ0) is 14.4. The van der Waals surface area contributed by atoms with E-state index in [0.717, 1.165) is 11.8 Å². The van der Waals surface area contributed by atoms with E-state index in [0.29, 0.717) is 19.5 Å². The van der Waals surface area contributed by atoms with Gasteiger partial charge in [0, 0.05) is 37.5 Å². The van der Waals surface area contributed by atoms with Crippen LogP contribution in [0.4, 0.5) is 20.4 Å². The first-order valence-electron chi connectivity index (χ1n) is 6.44. The van der Waals surface area contributed by atoms with Crippen molar-refractivity contribution in [1.29, 1.82) is 0 Å². The highest BCUT2D eigenvalue weighted by Crippen LogP contribution is 2.18. The van der Waals surface area contributed by atoms with Crippen LogP contribution in [0.25, 0.3) is 0 Å². The minimum Gasteiger partial charge on any atom is -0.368 e. The van der Waals surface area contributed by atoms with Crippen LogP contribution in [0.2, 0.25) is 0 Å². The summed E-state index contributed by atoms with van der Waals surface area (Å²) >= 11 is 0. The number of rotatable bonds is 6. The van der Waals surface area contributed by atoms with Gasteiger partial charge in [-0.2, -0.15) is 0 Å². The molecule has 0 unspecified atom stereocenters. The summed E-state index contributed by atoms with van der Waals surface area (Å²) in [7, 11) is 0. The Hall–Kier alpha value is -2.24. The van der Waals surface area contributed by atoms with Gasteiger partial charge in [0.2, 0.25) is 0 Å². The lowest BCUT2D eigenvalue weighted by atomic mass is 10.2. The van der Waals surface area contributed by atoms with Crippen LogP contribution in [0.15, 0.2) is 30.5 Å². The summed E-state index contributed by atoms with van der Waals surface area (Å²) in [4.78, 5) is 8.07. The first kappa shape index (κ1) is 14.2. The smallest absolute Gasteiger partial charge is 0.168 e. The van der Waals surface area contributed by atoms with E-state index in [2.05, 4.69) is 20.6 Å². The number of nitrogens with zero attached hydrogens (tertiary/aromatic N) is 2. The molecule has 106 valence electrons. The second-order valence-corrected chi connectivity index (χ2v) is 4.18. The summed E-state index contributed by atoms with van der Waals surface area (Å²) < 4.78 is 27.0. The van der Waals surface area contributed by atoms with Crippen LogP contribution in [0, 0.1) is 11.6 Å². The van der Waals surface area contributed by atoms with Gasteiger partial charge in [0.25, 0.3) is 0 Å². The maximum absolute atomic E-state index is 13.6. The summed E-state index contributed by atoms with van der Waals surface area (Å²) in [6.07, 6.45) is 2.34. The lowest BCUT2D eigenvalue weighted by Gasteiger charge is -2.10. The second kappa shape index (κ2) is 6.79. The summed E-state index contributed by atoms with van der Waals surface area (Å²) in [5, 5.41) is 5.60. The molecule has 4 nitrogen and oxygen atoms in total. The normalized spacial score (nSPS) is 10.3. The Bertz CT molecular complexity index is 561. The fourth-order valence-corrected chi connectivity index (χ4v) is 1.74. The Morgan fingerprint density at radius 1 is 1.10 bits per heavy atom. The zero-order valence-electron chi connectivity index (χ0n) is 11.2. The van der Waals surface area contributed by atoms with Crippen molar-refractivity contribution in [2.75, 3.05) is 23.7 Å². The number of hydrogen-bond acceptors (Lipinski definition) is 4. The van der Waals surface area contributed by atoms with Crippen LogP contribution in [-0.4, -0.2) is 23.1 Å². The van der Waals surface area contributed by atoms with Crippen molar-refractivity contribution in [3.05, 3.63) is 47.8 Å². The minimum absolute atomic E-state index is 0.0401. The standard InChI is InChI=1S/C14H16F2N4/c1-2-17-13-11(15)9-12(16)14(20-13)19-8-6-10-5-3-4-7-18-10/h3-5,7,9H,2,6,8H2,1H3,(H2,17,19,20). The molecule has 0 aliphatic rings. The Morgan fingerprint density at radius 2 is 1.85 bits per heavy atom. The maximum Gasteiger partial charge on any atom is 0.168 e. The van der Waals surface area contributed by atoms with Crippen molar-refractivity contribution in [3.8, 4) is 0 Å². The molecule has 0 amide bonds. The molecule has 6 heteroatoms. The third kappa shape index (κ3) is 3.63. The molecule has 0 aromatic carbocycles. The van der Waals surface area contributed by atoms with Gasteiger partial charge in [-0.1, -0.05) is 6.07 Å². The SMILES string of the molecule is CCNc1nc(NCCc2ccccn2)c(F)cc1F. The molecular formula is C14H16F2N4. The molecule has 0 bridgehead atoms. The van der Waals surface area contributed by atoms with Gasteiger partial charge < -0.3 is 10.6 Å². The highest BCUT2D eigenvalue weighted by Gasteiger charge is 2.10. The first-order chi connectivity index (χ1) is 9.70. The van der Waals surface area contributed by atoms with Crippen molar-refractivity contribution in [2.45, 2.75) is 13.3 Å². The number of anilines is 2. The fraction of sp³-hybridized carbons (Fsp3) is 0.286. The van der Waals surface area contributed by atoms with Crippen molar-refractivity contribution in [2.24, 2.45) is 0 Å². The average molecular weight is 278 g/mol. The van der Waals surface area contributed by atoms with E-state index in [9.17, 15) is 8.78 Å². The number of hydrogen-bond donors (Lipinski definition) is 2. The maximum atomic E-state index is 13.6. The van der Waals surface area contributed by atoms with Crippen molar-refractivity contribution >= 4 is 11.6 Å². The Morgan fingerprint density at radius 3 is 2.50 bits per heavy atom. The molecule has 2 heterocycles. The van der Waals surface area contributed by atoms with Crippen LogP contribution < -0.4 is 10.6 Å². The highest BCUT2D eigenvalue weighted by molar-refractivity contribution is 5.47. The predicted molar refractivity (Wildman–Crippen MR) is 74.7 cm³/mol. The topological polar surface area (TPSA) is 49.8 Å². The lowest BCUT2D eigenvalue weighted by Crippen LogP contribution is -2.11. The van der Waals surface area contributed by atoms with E-state index in [-0.39, 0.29) is 11.6 Å². The van der Waals surface area contributed by atoms with Gasteiger partial charge in [-0.25, -0.2) is 13.8 Å². The molecule has 0 fully saturated rings. The van der Waals surface area contributed by atoms with Crippen LogP contribution >= 0.6 is 0 Å². The van der Waals surface area contributed by atoms with E-state index in [1.54, 1.807) is 6.20 Å². The van der Waals surface area contributed by atoms with Crippen LogP contribution in [0.3, 0.4) is 0 Å². The van der Waals surface area contributed by atoms with E-state index >= 15 is 0 Å². The molecule has 0 saturated carbocycles. The Balaban J connectivity index is 2.00. The van der Waals surface area contributed by atoms with Crippen molar-refractivity contribution in [1.82, 2.24) is 9.97 Å².